The average Bonchev–Trinajstić information content (AvgIpc) is 3.60. The molecule has 0 N–H and O–H groups in total. The van der Waals surface area contributed by atoms with Crippen LogP contribution in [0.25, 0.3) is 0 Å². The molecule has 28 heavy (non-hydrogen) atoms. The first-order chi connectivity index (χ1) is 13.6. The van der Waals surface area contributed by atoms with Gasteiger partial charge < -0.3 is 14.0 Å². The number of epoxide rings is 2. The molecule has 154 valence electrons. The number of fused-ring (bicyclic) bond motifs is 2. The predicted octanol–water partition coefficient (Wildman–Crippen LogP) is 5.00. The minimum absolute atomic E-state index is 0.324. The molecule has 0 spiro atoms. The van der Waals surface area contributed by atoms with Crippen molar-refractivity contribution in [3.63, 3.8) is 0 Å². The average molecular weight is 429 g/mol. The lowest BCUT2D eigenvalue weighted by Crippen LogP contribution is -2.21. The van der Waals surface area contributed by atoms with Gasteiger partial charge in [0.1, 0.15) is 5.75 Å². The highest BCUT2D eigenvalue weighted by Gasteiger charge is 2.46. The van der Waals surface area contributed by atoms with Crippen molar-refractivity contribution in [1.29, 1.82) is 0 Å². The molecule has 6 nitrogen and oxygen atoms in total. The van der Waals surface area contributed by atoms with E-state index in [4.69, 9.17) is 34.6 Å². The molecule has 0 amide bonds. The number of benzene rings is 1. The van der Waals surface area contributed by atoms with Gasteiger partial charge in [0.2, 0.25) is 0 Å². The molecular formula is C20H26ClO6P. The van der Waals surface area contributed by atoms with E-state index in [1.807, 2.05) is 0 Å². The van der Waals surface area contributed by atoms with E-state index < -0.39 is 7.82 Å². The maximum atomic E-state index is 13.4. The molecule has 4 aliphatic rings. The van der Waals surface area contributed by atoms with Gasteiger partial charge in [-0.15, -0.1) is 0 Å². The van der Waals surface area contributed by atoms with Crippen molar-refractivity contribution in [2.75, 3.05) is 13.2 Å². The number of phosphoric ester groups is 1. The summed E-state index contributed by atoms with van der Waals surface area (Å²) in [5.41, 5.74) is 0. The van der Waals surface area contributed by atoms with Crippen LogP contribution in [0.4, 0.5) is 0 Å². The van der Waals surface area contributed by atoms with Gasteiger partial charge in [0, 0.05) is 5.02 Å². The highest BCUT2D eigenvalue weighted by Crippen LogP contribution is 2.52. The quantitative estimate of drug-likeness (QED) is 0.429. The third-order valence-electron chi connectivity index (χ3n) is 6.19. The number of ether oxygens (including phenoxy) is 2. The Bertz CT molecular complexity index is 707. The monoisotopic (exact) mass is 428 g/mol. The zero-order chi connectivity index (χ0) is 19.1. The minimum Gasteiger partial charge on any atom is -0.404 e. The summed E-state index contributed by atoms with van der Waals surface area (Å²) in [4.78, 5) is 0. The first-order valence-electron chi connectivity index (χ1n) is 10.2. The second kappa shape index (κ2) is 7.90. The molecule has 0 aromatic heterocycles. The largest absolute Gasteiger partial charge is 0.530 e. The third-order valence-corrected chi connectivity index (χ3v) is 7.81. The van der Waals surface area contributed by atoms with E-state index in [0.29, 0.717) is 60.2 Å². The zero-order valence-electron chi connectivity index (χ0n) is 15.7. The Balaban J connectivity index is 1.20. The van der Waals surface area contributed by atoms with E-state index in [2.05, 4.69) is 0 Å². The predicted molar refractivity (Wildman–Crippen MR) is 104 cm³/mol. The summed E-state index contributed by atoms with van der Waals surface area (Å²) in [5.74, 6) is 1.07. The van der Waals surface area contributed by atoms with E-state index in [1.54, 1.807) is 24.3 Å². The van der Waals surface area contributed by atoms with Crippen LogP contribution in [-0.4, -0.2) is 37.6 Å². The lowest BCUT2D eigenvalue weighted by Gasteiger charge is -2.25. The minimum atomic E-state index is -3.73. The van der Waals surface area contributed by atoms with Crippen LogP contribution in [0.3, 0.4) is 0 Å². The lowest BCUT2D eigenvalue weighted by molar-refractivity contribution is 0.109. The van der Waals surface area contributed by atoms with Crippen molar-refractivity contribution in [2.24, 2.45) is 11.8 Å². The summed E-state index contributed by atoms with van der Waals surface area (Å²) >= 11 is 5.93. The summed E-state index contributed by atoms with van der Waals surface area (Å²) in [6, 6.07) is 6.74. The van der Waals surface area contributed by atoms with Crippen molar-refractivity contribution >= 4 is 19.4 Å². The standard InChI is InChI=1S/C20H26ClO6P/c21-15-3-5-16(6-4-15)27-28(22,23-11-13-1-7-17-19(9-13)25-17)24-12-14-2-8-18-20(10-14)26-18/h3-6,13-14,17-20H,1-2,7-12H2. The van der Waals surface area contributed by atoms with Gasteiger partial charge in [-0.25, -0.2) is 4.57 Å². The van der Waals surface area contributed by atoms with E-state index >= 15 is 0 Å². The number of rotatable bonds is 8. The fourth-order valence-electron chi connectivity index (χ4n) is 4.38. The summed E-state index contributed by atoms with van der Waals surface area (Å²) in [5, 5.41) is 0.589. The molecule has 0 radical (unpaired) electrons. The molecule has 8 heteroatoms. The molecule has 2 saturated carbocycles. The molecule has 1 aromatic carbocycles. The normalized spacial score (nSPS) is 38.0. The van der Waals surface area contributed by atoms with Gasteiger partial charge in [0.15, 0.2) is 0 Å². The van der Waals surface area contributed by atoms with Gasteiger partial charge >= 0.3 is 7.82 Å². The first-order valence-corrected chi connectivity index (χ1v) is 12.1. The Hall–Kier alpha value is -0.620. The molecule has 4 fully saturated rings. The zero-order valence-corrected chi connectivity index (χ0v) is 17.4. The van der Waals surface area contributed by atoms with Crippen LogP contribution in [0.1, 0.15) is 38.5 Å². The van der Waals surface area contributed by atoms with Crippen LogP contribution < -0.4 is 4.52 Å². The molecule has 0 bridgehead atoms. The smallest absolute Gasteiger partial charge is 0.404 e. The van der Waals surface area contributed by atoms with E-state index in [0.717, 1.165) is 38.5 Å². The van der Waals surface area contributed by atoms with Crippen LogP contribution in [0.15, 0.2) is 24.3 Å². The Kier molecular flexibility index (Phi) is 5.46. The van der Waals surface area contributed by atoms with Crippen LogP contribution in [0.5, 0.6) is 5.75 Å². The van der Waals surface area contributed by atoms with Gasteiger partial charge in [-0.3, -0.25) is 9.05 Å². The second-order valence-corrected chi connectivity index (χ2v) is 10.4. The number of hydrogen-bond donors (Lipinski definition) is 0. The van der Waals surface area contributed by atoms with Crippen molar-refractivity contribution in [3.8, 4) is 5.75 Å². The van der Waals surface area contributed by atoms with Crippen LogP contribution in [0.2, 0.25) is 5.02 Å². The van der Waals surface area contributed by atoms with Gasteiger partial charge in [-0.05, 0) is 74.6 Å². The SMILES string of the molecule is O=P(OCC1CCC2OC2C1)(OCC1CCC2OC2C1)Oc1ccc(Cl)cc1. The highest BCUT2D eigenvalue weighted by atomic mass is 35.5. The summed E-state index contributed by atoms with van der Waals surface area (Å²) in [6.07, 6.45) is 7.62. The fourth-order valence-corrected chi connectivity index (χ4v) is 5.86. The Labute approximate surface area is 170 Å². The van der Waals surface area contributed by atoms with Gasteiger partial charge in [-0.1, -0.05) is 11.6 Å². The van der Waals surface area contributed by atoms with Crippen LogP contribution >= 0.6 is 19.4 Å². The summed E-state index contributed by atoms with van der Waals surface area (Å²) in [7, 11) is -3.73. The Morgan fingerprint density at radius 2 is 1.39 bits per heavy atom. The van der Waals surface area contributed by atoms with Crippen molar-refractivity contribution in [2.45, 2.75) is 62.9 Å². The summed E-state index contributed by atoms with van der Waals surface area (Å²) in [6.45, 7) is 0.714. The van der Waals surface area contributed by atoms with Crippen molar-refractivity contribution < 1.29 is 27.6 Å². The van der Waals surface area contributed by atoms with E-state index in [-0.39, 0.29) is 0 Å². The fraction of sp³-hybridized carbons (Fsp3) is 0.700. The van der Waals surface area contributed by atoms with Gasteiger partial charge in [0.25, 0.3) is 0 Å². The number of halogens is 1. The van der Waals surface area contributed by atoms with E-state index in [9.17, 15) is 4.57 Å². The molecular weight excluding hydrogens is 403 g/mol. The van der Waals surface area contributed by atoms with E-state index in [1.165, 1.54) is 0 Å². The van der Waals surface area contributed by atoms with Gasteiger partial charge in [-0.2, -0.15) is 0 Å². The molecule has 2 aliphatic carbocycles. The molecule has 2 saturated heterocycles. The first kappa shape index (κ1) is 19.3. The molecule has 1 aromatic rings. The van der Waals surface area contributed by atoms with Crippen molar-refractivity contribution in [1.82, 2.24) is 0 Å². The maximum Gasteiger partial charge on any atom is 0.530 e. The summed E-state index contributed by atoms with van der Waals surface area (Å²) < 4.78 is 41.8. The molecule has 2 heterocycles. The number of hydrogen-bond acceptors (Lipinski definition) is 6. The lowest BCUT2D eigenvalue weighted by atomic mass is 9.90. The highest BCUT2D eigenvalue weighted by molar-refractivity contribution is 7.48. The Morgan fingerprint density at radius 1 is 0.857 bits per heavy atom. The molecule has 6 atom stereocenters. The molecule has 5 rings (SSSR count). The second-order valence-electron chi connectivity index (χ2n) is 8.37. The van der Waals surface area contributed by atoms with Crippen LogP contribution in [0, 0.1) is 11.8 Å². The molecule has 2 aliphatic heterocycles. The molecule has 6 unspecified atom stereocenters. The van der Waals surface area contributed by atoms with Crippen LogP contribution in [-0.2, 0) is 23.1 Å². The third kappa shape index (κ3) is 4.75. The Morgan fingerprint density at radius 3 is 1.89 bits per heavy atom. The number of phosphoric acid groups is 1. The van der Waals surface area contributed by atoms with Gasteiger partial charge in [0.05, 0.1) is 37.6 Å². The maximum absolute atomic E-state index is 13.4. The van der Waals surface area contributed by atoms with Crippen molar-refractivity contribution in [3.05, 3.63) is 29.3 Å². The topological polar surface area (TPSA) is 69.8 Å².